The number of carbonyl (C=O) groups excluding carboxylic acids is 1. The van der Waals surface area contributed by atoms with Crippen molar-refractivity contribution in [3.05, 3.63) is 17.5 Å². The van der Waals surface area contributed by atoms with Crippen LogP contribution in [0, 0.1) is 6.92 Å². The molecule has 0 saturated carbocycles. The lowest BCUT2D eigenvalue weighted by atomic mass is 10.2. The van der Waals surface area contributed by atoms with Crippen LogP contribution < -0.4 is 5.32 Å². The van der Waals surface area contributed by atoms with E-state index in [-0.39, 0.29) is 0 Å². The van der Waals surface area contributed by atoms with Crippen LogP contribution in [0.5, 0.6) is 0 Å². The van der Waals surface area contributed by atoms with Crippen LogP contribution in [0.2, 0.25) is 0 Å². The Kier molecular flexibility index (Phi) is 4.88. The molecule has 1 aromatic rings. The Balaban J connectivity index is 2.75. The van der Waals surface area contributed by atoms with E-state index in [4.69, 9.17) is 5.11 Å². The fraction of sp³-hybridized carbons (Fsp3) is 0.583. The number of nitrogens with one attached hydrogen (secondary N) is 1. The maximum absolute atomic E-state index is 11.8. The molecule has 0 bridgehead atoms. The Morgan fingerprint density at radius 3 is 2.78 bits per heavy atom. The molecule has 0 saturated heterocycles. The SMILES string of the molecule is CCCCn1ncc(C(=O)N[C@H](C)C(=O)O)c1C. The molecule has 0 radical (unpaired) electrons. The minimum atomic E-state index is -1.06. The molecule has 6 heteroatoms. The van der Waals surface area contributed by atoms with E-state index < -0.39 is 17.9 Å². The van der Waals surface area contributed by atoms with Gasteiger partial charge in [-0.1, -0.05) is 13.3 Å². The first-order valence-electron chi connectivity index (χ1n) is 6.03. The van der Waals surface area contributed by atoms with Gasteiger partial charge in [0.05, 0.1) is 11.8 Å². The highest BCUT2D eigenvalue weighted by atomic mass is 16.4. The normalized spacial score (nSPS) is 12.2. The van der Waals surface area contributed by atoms with Gasteiger partial charge in [0, 0.05) is 12.2 Å². The number of unbranched alkanes of at least 4 members (excludes halogenated alkanes) is 1. The van der Waals surface area contributed by atoms with Gasteiger partial charge in [0.2, 0.25) is 0 Å². The van der Waals surface area contributed by atoms with E-state index in [9.17, 15) is 9.59 Å². The Bertz CT molecular complexity index is 440. The number of carboxylic acids is 1. The summed E-state index contributed by atoms with van der Waals surface area (Å²) in [5.41, 5.74) is 1.19. The van der Waals surface area contributed by atoms with Gasteiger partial charge < -0.3 is 10.4 Å². The molecule has 0 aliphatic carbocycles. The minimum Gasteiger partial charge on any atom is -0.480 e. The second kappa shape index (κ2) is 6.18. The summed E-state index contributed by atoms with van der Waals surface area (Å²) < 4.78 is 1.77. The van der Waals surface area contributed by atoms with Gasteiger partial charge in [-0.3, -0.25) is 14.3 Å². The molecule has 1 amide bonds. The largest absolute Gasteiger partial charge is 0.480 e. The van der Waals surface area contributed by atoms with Gasteiger partial charge in [0.15, 0.2) is 0 Å². The first-order valence-corrected chi connectivity index (χ1v) is 6.03. The second-order valence-electron chi connectivity index (χ2n) is 4.25. The summed E-state index contributed by atoms with van der Waals surface area (Å²) in [6, 6.07) is -0.907. The topological polar surface area (TPSA) is 84.2 Å². The standard InChI is InChI=1S/C12H19N3O3/c1-4-5-6-15-9(3)10(7-13-15)11(16)14-8(2)12(17)18/h7-8H,4-6H2,1-3H3,(H,14,16)(H,17,18)/t8-/m1/s1. The third-order valence-electron chi connectivity index (χ3n) is 2.79. The molecule has 0 spiro atoms. The van der Waals surface area contributed by atoms with Crippen molar-refractivity contribution in [3.8, 4) is 0 Å². The van der Waals surface area contributed by atoms with Crippen molar-refractivity contribution in [2.75, 3.05) is 0 Å². The summed E-state index contributed by atoms with van der Waals surface area (Å²) in [5, 5.41) is 15.3. The van der Waals surface area contributed by atoms with Crippen LogP contribution in [-0.4, -0.2) is 32.8 Å². The second-order valence-corrected chi connectivity index (χ2v) is 4.25. The lowest BCUT2D eigenvalue weighted by Gasteiger charge is -2.09. The zero-order valence-corrected chi connectivity index (χ0v) is 10.9. The summed E-state index contributed by atoms with van der Waals surface area (Å²) in [6.45, 7) is 6.09. The Morgan fingerprint density at radius 1 is 1.56 bits per heavy atom. The highest BCUT2D eigenvalue weighted by molar-refractivity contribution is 5.97. The number of aliphatic carboxylic acids is 1. The third kappa shape index (κ3) is 3.32. The minimum absolute atomic E-state index is 0.398. The van der Waals surface area contributed by atoms with E-state index in [1.807, 2.05) is 6.92 Å². The highest BCUT2D eigenvalue weighted by Gasteiger charge is 2.18. The lowest BCUT2D eigenvalue weighted by Crippen LogP contribution is -2.38. The number of rotatable bonds is 6. The van der Waals surface area contributed by atoms with E-state index in [1.54, 1.807) is 4.68 Å². The average Bonchev–Trinajstić information content (AvgIpc) is 2.67. The molecule has 6 nitrogen and oxygen atoms in total. The van der Waals surface area contributed by atoms with Gasteiger partial charge in [-0.05, 0) is 20.3 Å². The average molecular weight is 253 g/mol. The quantitative estimate of drug-likeness (QED) is 0.797. The number of carboxylic acid groups (broad SMARTS) is 1. The molecule has 0 unspecified atom stereocenters. The van der Waals surface area contributed by atoms with Crippen LogP contribution in [0.1, 0.15) is 42.7 Å². The van der Waals surface area contributed by atoms with Crippen molar-refractivity contribution in [2.45, 2.75) is 46.2 Å². The molecule has 0 aromatic carbocycles. The monoisotopic (exact) mass is 253 g/mol. The van der Waals surface area contributed by atoms with Crippen molar-refractivity contribution >= 4 is 11.9 Å². The molecule has 0 aliphatic heterocycles. The van der Waals surface area contributed by atoms with Gasteiger partial charge in [0.1, 0.15) is 6.04 Å². The first-order chi connectivity index (χ1) is 8.47. The van der Waals surface area contributed by atoms with Crippen LogP contribution >= 0.6 is 0 Å². The van der Waals surface area contributed by atoms with E-state index in [1.165, 1.54) is 13.1 Å². The number of aromatic nitrogens is 2. The molecule has 1 aromatic heterocycles. The van der Waals surface area contributed by atoms with Crippen molar-refractivity contribution in [3.63, 3.8) is 0 Å². The van der Waals surface area contributed by atoms with E-state index in [2.05, 4.69) is 17.3 Å². The van der Waals surface area contributed by atoms with E-state index in [0.717, 1.165) is 25.1 Å². The zero-order valence-electron chi connectivity index (χ0n) is 10.9. The predicted molar refractivity (Wildman–Crippen MR) is 66.4 cm³/mol. The molecule has 1 rings (SSSR count). The van der Waals surface area contributed by atoms with Crippen LogP contribution in [0.3, 0.4) is 0 Å². The van der Waals surface area contributed by atoms with Gasteiger partial charge in [-0.2, -0.15) is 5.10 Å². The Morgan fingerprint density at radius 2 is 2.22 bits per heavy atom. The summed E-state index contributed by atoms with van der Waals surface area (Å²) in [5.74, 6) is -1.45. The molecule has 0 aliphatic rings. The van der Waals surface area contributed by atoms with Gasteiger partial charge >= 0.3 is 5.97 Å². The molecule has 1 heterocycles. The molecule has 2 N–H and O–H groups in total. The fourth-order valence-electron chi connectivity index (χ4n) is 1.54. The number of amides is 1. The molecule has 100 valence electrons. The van der Waals surface area contributed by atoms with Crippen molar-refractivity contribution < 1.29 is 14.7 Å². The molecular weight excluding hydrogens is 234 g/mol. The van der Waals surface area contributed by atoms with Gasteiger partial charge in [-0.15, -0.1) is 0 Å². The van der Waals surface area contributed by atoms with Gasteiger partial charge in [-0.25, -0.2) is 0 Å². The van der Waals surface area contributed by atoms with Crippen molar-refractivity contribution in [1.82, 2.24) is 15.1 Å². The van der Waals surface area contributed by atoms with Crippen LogP contribution in [0.15, 0.2) is 6.20 Å². The van der Waals surface area contributed by atoms with E-state index in [0.29, 0.717) is 5.56 Å². The summed E-state index contributed by atoms with van der Waals surface area (Å²) >= 11 is 0. The molecule has 1 atom stereocenters. The molecular formula is C12H19N3O3. The fourth-order valence-corrected chi connectivity index (χ4v) is 1.54. The van der Waals surface area contributed by atoms with Crippen LogP contribution in [0.4, 0.5) is 0 Å². The van der Waals surface area contributed by atoms with Crippen molar-refractivity contribution in [1.29, 1.82) is 0 Å². The van der Waals surface area contributed by atoms with E-state index >= 15 is 0 Å². The maximum Gasteiger partial charge on any atom is 0.325 e. The number of aryl methyl sites for hydroxylation is 1. The summed E-state index contributed by atoms with van der Waals surface area (Å²) in [4.78, 5) is 22.5. The predicted octanol–water partition coefficient (Wildman–Crippen LogP) is 1.19. The van der Waals surface area contributed by atoms with Gasteiger partial charge in [0.25, 0.3) is 5.91 Å². The summed E-state index contributed by atoms with van der Waals surface area (Å²) in [7, 11) is 0. The lowest BCUT2D eigenvalue weighted by molar-refractivity contribution is -0.138. The zero-order chi connectivity index (χ0) is 13.7. The molecule has 0 fully saturated rings. The Labute approximate surface area is 106 Å². The Hall–Kier alpha value is -1.85. The number of carbonyl (C=O) groups is 2. The number of hydrogen-bond donors (Lipinski definition) is 2. The van der Waals surface area contributed by atoms with Crippen molar-refractivity contribution in [2.24, 2.45) is 0 Å². The first kappa shape index (κ1) is 14.2. The highest BCUT2D eigenvalue weighted by Crippen LogP contribution is 2.08. The maximum atomic E-state index is 11.8. The smallest absolute Gasteiger partial charge is 0.325 e. The third-order valence-corrected chi connectivity index (χ3v) is 2.79. The number of nitrogens with zero attached hydrogens (tertiary/aromatic N) is 2. The summed E-state index contributed by atoms with van der Waals surface area (Å²) in [6.07, 6.45) is 3.53. The number of hydrogen-bond acceptors (Lipinski definition) is 3. The van der Waals surface area contributed by atoms with Crippen LogP contribution in [-0.2, 0) is 11.3 Å². The van der Waals surface area contributed by atoms with Crippen LogP contribution in [0.25, 0.3) is 0 Å². The molecule has 18 heavy (non-hydrogen) atoms.